The summed E-state index contributed by atoms with van der Waals surface area (Å²) in [4.78, 5) is 42.0. The Morgan fingerprint density at radius 1 is 1.17 bits per heavy atom. The number of rotatable bonds is 8. The lowest BCUT2D eigenvalue weighted by Gasteiger charge is -2.12. The molecule has 162 valence electrons. The summed E-state index contributed by atoms with van der Waals surface area (Å²) in [6.45, 7) is 8.30. The smallest absolute Gasteiger partial charge is 0.332 e. The highest BCUT2D eigenvalue weighted by atomic mass is 16.2. The Morgan fingerprint density at radius 3 is 2.43 bits per heavy atom. The van der Waals surface area contributed by atoms with Crippen LogP contribution in [-0.4, -0.2) is 34.4 Å². The first-order valence-electron chi connectivity index (χ1n) is 10.3. The fourth-order valence-corrected chi connectivity index (χ4v) is 3.49. The summed E-state index contributed by atoms with van der Waals surface area (Å²) >= 11 is 0. The van der Waals surface area contributed by atoms with Crippen molar-refractivity contribution in [3.05, 3.63) is 38.3 Å². The number of primary amides is 1. The summed E-state index contributed by atoms with van der Waals surface area (Å²) in [7, 11) is 1.53. The van der Waals surface area contributed by atoms with Gasteiger partial charge in [-0.05, 0) is 31.2 Å². The normalized spacial score (nSPS) is 11.7. The second kappa shape index (κ2) is 8.29. The molecule has 0 saturated carbocycles. The van der Waals surface area contributed by atoms with E-state index in [9.17, 15) is 14.4 Å². The maximum Gasteiger partial charge on any atom is 0.332 e. The average Bonchev–Trinajstić information content (AvgIpc) is 3.28. The van der Waals surface area contributed by atoms with Crippen molar-refractivity contribution in [1.29, 1.82) is 0 Å². The minimum absolute atomic E-state index is 0.264. The zero-order chi connectivity index (χ0) is 22.2. The van der Waals surface area contributed by atoms with Gasteiger partial charge in [-0.2, -0.15) is 10.1 Å². The fraction of sp³-hybridized carbons (Fsp3) is 0.550. The van der Waals surface area contributed by atoms with Crippen LogP contribution in [0.2, 0.25) is 0 Å². The van der Waals surface area contributed by atoms with Gasteiger partial charge >= 0.3 is 5.69 Å². The first-order chi connectivity index (χ1) is 14.2. The van der Waals surface area contributed by atoms with Crippen molar-refractivity contribution in [2.75, 3.05) is 0 Å². The molecule has 3 rings (SSSR count). The minimum Gasteiger partial charge on any atom is -0.368 e. The summed E-state index contributed by atoms with van der Waals surface area (Å²) in [6.07, 6.45) is 2.32. The molecular formula is C20H29N7O3. The van der Waals surface area contributed by atoms with Crippen LogP contribution in [0.15, 0.2) is 15.7 Å². The van der Waals surface area contributed by atoms with Crippen LogP contribution in [0.25, 0.3) is 17.1 Å². The highest BCUT2D eigenvalue weighted by Gasteiger charge is 2.23. The van der Waals surface area contributed by atoms with E-state index in [1.54, 1.807) is 9.25 Å². The maximum absolute atomic E-state index is 13.2. The van der Waals surface area contributed by atoms with Crippen LogP contribution < -0.4 is 17.0 Å². The van der Waals surface area contributed by atoms with E-state index in [4.69, 9.17) is 5.73 Å². The lowest BCUT2D eigenvalue weighted by molar-refractivity contribution is -0.118. The number of fused-ring (bicyclic) bond motifs is 1. The number of aromatic nitrogens is 6. The van der Waals surface area contributed by atoms with E-state index in [1.807, 2.05) is 19.9 Å². The maximum atomic E-state index is 13.2. The molecule has 10 nitrogen and oxygen atoms in total. The van der Waals surface area contributed by atoms with Gasteiger partial charge in [-0.25, -0.2) is 14.0 Å². The SMILES string of the molecule is CCc1cc(CC)n(-c2nc3c(c(=O)n(CC(N)=O)c(=O)n3C)n2CCC(C)C)n1. The topological polar surface area (TPSA) is 123 Å². The quantitative estimate of drug-likeness (QED) is 0.581. The molecule has 0 atom stereocenters. The Labute approximate surface area is 173 Å². The van der Waals surface area contributed by atoms with Crippen LogP contribution in [0.5, 0.6) is 0 Å². The molecule has 0 aliphatic rings. The van der Waals surface area contributed by atoms with Crippen molar-refractivity contribution in [2.24, 2.45) is 18.7 Å². The van der Waals surface area contributed by atoms with Gasteiger partial charge in [-0.15, -0.1) is 0 Å². The number of hydrogen-bond acceptors (Lipinski definition) is 5. The minimum atomic E-state index is -0.755. The van der Waals surface area contributed by atoms with Crippen LogP contribution in [0.3, 0.4) is 0 Å². The zero-order valence-corrected chi connectivity index (χ0v) is 18.2. The third-order valence-corrected chi connectivity index (χ3v) is 5.20. The van der Waals surface area contributed by atoms with Gasteiger partial charge < -0.3 is 10.3 Å². The number of nitrogens with two attached hydrogens (primary N) is 1. The van der Waals surface area contributed by atoms with E-state index in [1.165, 1.54) is 11.6 Å². The molecule has 0 radical (unpaired) electrons. The molecule has 10 heteroatoms. The van der Waals surface area contributed by atoms with Crippen LogP contribution >= 0.6 is 0 Å². The van der Waals surface area contributed by atoms with Crippen LogP contribution in [0.1, 0.15) is 45.5 Å². The van der Waals surface area contributed by atoms with Crippen molar-refractivity contribution in [3.63, 3.8) is 0 Å². The molecule has 0 aromatic carbocycles. The van der Waals surface area contributed by atoms with Gasteiger partial charge in [0.15, 0.2) is 11.2 Å². The number of carbonyl (C=O) groups is 1. The lowest BCUT2D eigenvalue weighted by Crippen LogP contribution is -2.42. The molecule has 2 N–H and O–H groups in total. The molecular weight excluding hydrogens is 386 g/mol. The molecule has 0 aliphatic heterocycles. The zero-order valence-electron chi connectivity index (χ0n) is 18.2. The fourth-order valence-electron chi connectivity index (χ4n) is 3.49. The number of hydrogen-bond donors (Lipinski definition) is 1. The predicted octanol–water partition coefficient (Wildman–Crippen LogP) is 0.739. The Morgan fingerprint density at radius 2 is 1.87 bits per heavy atom. The van der Waals surface area contributed by atoms with Crippen LogP contribution in [-0.2, 0) is 37.8 Å². The second-order valence-electron chi connectivity index (χ2n) is 7.86. The van der Waals surface area contributed by atoms with Crippen molar-refractivity contribution in [3.8, 4) is 5.95 Å². The standard InChI is InChI=1S/C20H29N7O3/c1-6-13-10-14(7-2)27(23-13)19-22-17-16(25(19)9-8-12(3)4)18(29)26(11-15(21)28)20(30)24(17)5/h10,12H,6-9,11H2,1-5H3,(H2,21,28). The average molecular weight is 415 g/mol. The van der Waals surface area contributed by atoms with Crippen LogP contribution in [0.4, 0.5) is 0 Å². The molecule has 30 heavy (non-hydrogen) atoms. The van der Waals surface area contributed by atoms with E-state index < -0.39 is 23.7 Å². The Kier molecular flexibility index (Phi) is 5.95. The van der Waals surface area contributed by atoms with Gasteiger partial charge in [0.25, 0.3) is 5.56 Å². The number of amides is 1. The summed E-state index contributed by atoms with van der Waals surface area (Å²) in [5.74, 6) is 0.131. The van der Waals surface area contributed by atoms with Gasteiger partial charge in [0.2, 0.25) is 11.9 Å². The molecule has 0 spiro atoms. The van der Waals surface area contributed by atoms with E-state index in [-0.39, 0.29) is 11.2 Å². The largest absolute Gasteiger partial charge is 0.368 e. The van der Waals surface area contributed by atoms with E-state index >= 15 is 0 Å². The van der Waals surface area contributed by atoms with Gasteiger partial charge in [-0.1, -0.05) is 27.7 Å². The molecule has 3 aromatic rings. The van der Waals surface area contributed by atoms with Gasteiger partial charge in [0, 0.05) is 19.3 Å². The number of carbonyl (C=O) groups excluding carboxylic acids is 1. The molecule has 0 bridgehead atoms. The Balaban J connectivity index is 2.39. The summed E-state index contributed by atoms with van der Waals surface area (Å²) in [5.41, 5.74) is 6.49. The third kappa shape index (κ3) is 3.69. The first kappa shape index (κ1) is 21.5. The van der Waals surface area contributed by atoms with Crippen molar-refractivity contribution >= 4 is 17.1 Å². The summed E-state index contributed by atoms with van der Waals surface area (Å²) < 4.78 is 5.70. The van der Waals surface area contributed by atoms with Crippen LogP contribution in [0, 0.1) is 5.92 Å². The van der Waals surface area contributed by atoms with Crippen molar-refractivity contribution in [2.45, 2.75) is 60.0 Å². The van der Waals surface area contributed by atoms with Gasteiger partial charge in [0.1, 0.15) is 6.54 Å². The van der Waals surface area contributed by atoms with Crippen molar-refractivity contribution < 1.29 is 4.79 Å². The Hall–Kier alpha value is -3.17. The molecule has 1 amide bonds. The molecule has 0 saturated heterocycles. The van der Waals surface area contributed by atoms with Gasteiger partial charge in [-0.3, -0.25) is 14.2 Å². The van der Waals surface area contributed by atoms with E-state index in [2.05, 4.69) is 23.9 Å². The first-order valence-corrected chi connectivity index (χ1v) is 10.3. The monoisotopic (exact) mass is 415 g/mol. The third-order valence-electron chi connectivity index (χ3n) is 5.20. The van der Waals surface area contributed by atoms with E-state index in [0.29, 0.717) is 18.4 Å². The highest BCUT2D eigenvalue weighted by molar-refractivity contribution is 5.75. The molecule has 0 aliphatic carbocycles. The number of nitrogens with zero attached hydrogens (tertiary/aromatic N) is 6. The predicted molar refractivity (Wildman–Crippen MR) is 114 cm³/mol. The van der Waals surface area contributed by atoms with Gasteiger partial charge in [0.05, 0.1) is 5.69 Å². The van der Waals surface area contributed by atoms with E-state index in [0.717, 1.165) is 35.2 Å². The summed E-state index contributed by atoms with van der Waals surface area (Å²) in [6, 6.07) is 2.02. The lowest BCUT2D eigenvalue weighted by atomic mass is 10.1. The number of imidazole rings is 1. The Bertz CT molecular complexity index is 1210. The highest BCUT2D eigenvalue weighted by Crippen LogP contribution is 2.20. The summed E-state index contributed by atoms with van der Waals surface area (Å²) in [5, 5.41) is 4.67. The molecule has 3 aromatic heterocycles. The van der Waals surface area contributed by atoms with Crippen molar-refractivity contribution in [1.82, 2.24) is 28.5 Å². The molecule has 3 heterocycles. The number of aryl methyl sites for hydroxylation is 4. The molecule has 0 unspecified atom stereocenters. The molecule has 0 fully saturated rings. The second-order valence-corrected chi connectivity index (χ2v) is 7.86.